The van der Waals surface area contributed by atoms with Gasteiger partial charge in [0, 0.05) is 21.7 Å². The van der Waals surface area contributed by atoms with Gasteiger partial charge < -0.3 is 10.4 Å². The number of carbonyl (C=O) groups excluding carboxylic acids is 1. The SMILES string of the molecule is O=C(NC(CCc1ccccc1)C(=O)O)c1ccc(Cl)c(C#Cc2ccc(Cl)cc2)c1. The highest BCUT2D eigenvalue weighted by atomic mass is 35.5. The molecule has 0 fully saturated rings. The van der Waals surface area contributed by atoms with Gasteiger partial charge in [0.2, 0.25) is 0 Å². The van der Waals surface area contributed by atoms with Gasteiger partial charge in [-0.05, 0) is 60.9 Å². The molecule has 3 rings (SSSR count). The van der Waals surface area contributed by atoms with Crippen LogP contribution >= 0.6 is 23.2 Å². The summed E-state index contributed by atoms with van der Waals surface area (Å²) in [5, 5.41) is 13.1. The van der Waals surface area contributed by atoms with Crippen LogP contribution in [-0.4, -0.2) is 23.0 Å². The van der Waals surface area contributed by atoms with Gasteiger partial charge in [-0.25, -0.2) is 4.79 Å². The molecule has 0 radical (unpaired) electrons. The Balaban J connectivity index is 1.72. The number of aliphatic carboxylic acids is 1. The highest BCUT2D eigenvalue weighted by Crippen LogP contribution is 2.18. The zero-order valence-corrected chi connectivity index (χ0v) is 18.0. The molecule has 1 atom stereocenters. The lowest BCUT2D eigenvalue weighted by Crippen LogP contribution is -2.41. The fourth-order valence-electron chi connectivity index (χ4n) is 2.89. The van der Waals surface area contributed by atoms with Gasteiger partial charge >= 0.3 is 5.97 Å². The lowest BCUT2D eigenvalue weighted by Gasteiger charge is -2.15. The first-order valence-corrected chi connectivity index (χ1v) is 10.3. The number of amides is 1. The molecule has 0 aliphatic heterocycles. The first kappa shape index (κ1) is 22.4. The number of carboxylic acid groups (broad SMARTS) is 1. The van der Waals surface area contributed by atoms with Crippen molar-refractivity contribution in [3.05, 3.63) is 105 Å². The molecule has 0 bridgehead atoms. The van der Waals surface area contributed by atoms with Crippen LogP contribution < -0.4 is 5.32 Å². The third-order valence-electron chi connectivity index (χ3n) is 4.58. The van der Waals surface area contributed by atoms with E-state index in [-0.39, 0.29) is 12.0 Å². The van der Waals surface area contributed by atoms with Gasteiger partial charge in [0.05, 0.1) is 5.02 Å². The summed E-state index contributed by atoms with van der Waals surface area (Å²) in [4.78, 5) is 24.3. The first-order valence-electron chi connectivity index (χ1n) is 9.57. The number of carboxylic acids is 1. The molecule has 3 aromatic rings. The highest BCUT2D eigenvalue weighted by molar-refractivity contribution is 6.32. The Morgan fingerprint density at radius 2 is 1.65 bits per heavy atom. The molecule has 0 aliphatic rings. The predicted molar refractivity (Wildman–Crippen MR) is 123 cm³/mol. The van der Waals surface area contributed by atoms with Crippen LogP contribution in [0.5, 0.6) is 0 Å². The maximum Gasteiger partial charge on any atom is 0.326 e. The van der Waals surface area contributed by atoms with E-state index >= 15 is 0 Å². The van der Waals surface area contributed by atoms with E-state index in [4.69, 9.17) is 23.2 Å². The molecule has 156 valence electrons. The Morgan fingerprint density at radius 3 is 2.32 bits per heavy atom. The molecule has 0 aliphatic carbocycles. The van der Waals surface area contributed by atoms with Crippen LogP contribution in [0.2, 0.25) is 10.0 Å². The van der Waals surface area contributed by atoms with Crippen molar-refractivity contribution in [3.63, 3.8) is 0 Å². The molecule has 3 aromatic carbocycles. The largest absolute Gasteiger partial charge is 0.480 e. The molecule has 4 nitrogen and oxygen atoms in total. The van der Waals surface area contributed by atoms with E-state index in [0.717, 1.165) is 11.1 Å². The van der Waals surface area contributed by atoms with Gasteiger partial charge in [0.25, 0.3) is 5.91 Å². The predicted octanol–water partition coefficient (Wildman–Crippen LogP) is 5.21. The lowest BCUT2D eigenvalue weighted by molar-refractivity contribution is -0.139. The summed E-state index contributed by atoms with van der Waals surface area (Å²) in [6, 6.07) is 20.2. The maximum atomic E-state index is 12.7. The summed E-state index contributed by atoms with van der Waals surface area (Å²) in [5.41, 5.74) is 2.52. The molecule has 0 spiro atoms. The molecular weight excluding hydrogens is 433 g/mol. The zero-order valence-electron chi connectivity index (χ0n) is 16.4. The summed E-state index contributed by atoms with van der Waals surface area (Å²) < 4.78 is 0. The minimum atomic E-state index is -1.08. The minimum Gasteiger partial charge on any atom is -0.480 e. The van der Waals surface area contributed by atoms with Crippen LogP contribution in [-0.2, 0) is 11.2 Å². The summed E-state index contributed by atoms with van der Waals surface area (Å²) in [7, 11) is 0. The van der Waals surface area contributed by atoms with Gasteiger partial charge in [-0.3, -0.25) is 4.79 Å². The molecule has 0 saturated heterocycles. The monoisotopic (exact) mass is 451 g/mol. The number of nitrogens with one attached hydrogen (secondary N) is 1. The topological polar surface area (TPSA) is 66.4 Å². The van der Waals surface area contributed by atoms with Crippen molar-refractivity contribution >= 4 is 35.1 Å². The average molecular weight is 452 g/mol. The van der Waals surface area contributed by atoms with Gasteiger partial charge in [0.1, 0.15) is 6.04 Å². The smallest absolute Gasteiger partial charge is 0.326 e. The lowest BCUT2D eigenvalue weighted by atomic mass is 10.0. The second-order valence-corrected chi connectivity index (χ2v) is 7.68. The van der Waals surface area contributed by atoms with Gasteiger partial charge in [0.15, 0.2) is 0 Å². The minimum absolute atomic E-state index is 0.280. The van der Waals surface area contributed by atoms with Gasteiger partial charge in [-0.15, -0.1) is 0 Å². The fourth-order valence-corrected chi connectivity index (χ4v) is 3.18. The Hall–Kier alpha value is -3.26. The van der Waals surface area contributed by atoms with E-state index in [1.165, 1.54) is 0 Å². The van der Waals surface area contributed by atoms with Crippen LogP contribution in [0.15, 0.2) is 72.8 Å². The van der Waals surface area contributed by atoms with Crippen LogP contribution in [0.4, 0.5) is 0 Å². The average Bonchev–Trinajstić information content (AvgIpc) is 2.77. The van der Waals surface area contributed by atoms with Gasteiger partial charge in [-0.1, -0.05) is 65.4 Å². The van der Waals surface area contributed by atoms with Crippen molar-refractivity contribution in [2.45, 2.75) is 18.9 Å². The number of aryl methyl sites for hydroxylation is 1. The quantitative estimate of drug-likeness (QED) is 0.505. The molecule has 0 heterocycles. The Labute approximate surface area is 190 Å². The number of hydrogen-bond acceptors (Lipinski definition) is 2. The van der Waals surface area contributed by atoms with Crippen molar-refractivity contribution in [1.29, 1.82) is 0 Å². The van der Waals surface area contributed by atoms with Crippen molar-refractivity contribution < 1.29 is 14.7 Å². The number of rotatable bonds is 6. The molecule has 1 unspecified atom stereocenters. The van der Waals surface area contributed by atoms with E-state index in [2.05, 4.69) is 17.2 Å². The molecule has 0 aromatic heterocycles. The number of hydrogen-bond donors (Lipinski definition) is 2. The zero-order chi connectivity index (χ0) is 22.2. The second kappa shape index (κ2) is 10.7. The number of benzene rings is 3. The second-order valence-electron chi connectivity index (χ2n) is 6.84. The van der Waals surface area contributed by atoms with Crippen LogP contribution in [0.25, 0.3) is 0 Å². The molecule has 1 amide bonds. The maximum absolute atomic E-state index is 12.7. The van der Waals surface area contributed by atoms with E-state index in [0.29, 0.717) is 22.0 Å². The third-order valence-corrected chi connectivity index (χ3v) is 5.16. The summed E-state index contributed by atoms with van der Waals surface area (Å²) in [6.07, 6.45) is 0.818. The fraction of sp³-hybridized carbons (Fsp3) is 0.120. The van der Waals surface area contributed by atoms with Crippen molar-refractivity contribution in [2.75, 3.05) is 0 Å². The number of carbonyl (C=O) groups is 2. The van der Waals surface area contributed by atoms with Crippen LogP contribution in [0.1, 0.15) is 33.5 Å². The van der Waals surface area contributed by atoms with Crippen molar-refractivity contribution in [2.24, 2.45) is 0 Å². The Morgan fingerprint density at radius 1 is 0.935 bits per heavy atom. The molecule has 31 heavy (non-hydrogen) atoms. The van der Waals surface area contributed by atoms with Crippen LogP contribution in [0, 0.1) is 11.8 Å². The molecular formula is C25H19Cl2NO3. The van der Waals surface area contributed by atoms with Crippen molar-refractivity contribution in [3.8, 4) is 11.8 Å². The summed E-state index contributed by atoms with van der Waals surface area (Å²) in [5.74, 6) is 4.34. The Bertz CT molecular complexity index is 1130. The van der Waals surface area contributed by atoms with Crippen LogP contribution in [0.3, 0.4) is 0 Å². The molecule has 2 N–H and O–H groups in total. The molecule has 6 heteroatoms. The number of halogens is 2. The highest BCUT2D eigenvalue weighted by Gasteiger charge is 2.21. The normalized spacial score (nSPS) is 11.2. The summed E-state index contributed by atoms with van der Waals surface area (Å²) >= 11 is 12.1. The third kappa shape index (κ3) is 6.62. The summed E-state index contributed by atoms with van der Waals surface area (Å²) in [6.45, 7) is 0. The van der Waals surface area contributed by atoms with Crippen molar-refractivity contribution in [1.82, 2.24) is 5.32 Å². The Kier molecular flexibility index (Phi) is 7.72. The van der Waals surface area contributed by atoms with Gasteiger partial charge in [-0.2, -0.15) is 0 Å². The van der Waals surface area contributed by atoms with E-state index in [9.17, 15) is 14.7 Å². The van der Waals surface area contributed by atoms with E-state index < -0.39 is 17.9 Å². The van der Waals surface area contributed by atoms with E-state index in [1.54, 1.807) is 42.5 Å². The molecule has 0 saturated carbocycles. The standard InChI is InChI=1S/C25H19Cl2NO3/c26-21-12-7-18(8-13-21)6-10-19-16-20(11-14-22(19)27)24(29)28-23(25(30)31)15-9-17-4-2-1-3-5-17/h1-5,7-8,11-14,16,23H,9,15H2,(H,28,29)(H,30,31). The van der Waals surface area contributed by atoms with E-state index in [1.807, 2.05) is 30.3 Å². The first-order chi connectivity index (χ1) is 14.9.